The lowest BCUT2D eigenvalue weighted by molar-refractivity contribution is 0.00859. The Morgan fingerprint density at radius 2 is 2.00 bits per heavy atom. The van der Waals surface area contributed by atoms with Gasteiger partial charge in [0.05, 0.1) is 35.5 Å². The Labute approximate surface area is 174 Å². The number of nitrogens with one attached hydrogen (secondary N) is 1. The van der Waals surface area contributed by atoms with E-state index in [4.69, 9.17) is 5.73 Å². The smallest absolute Gasteiger partial charge is 0.276 e. The Kier molecular flexibility index (Phi) is 6.23. The molecular weight excluding hydrogens is 384 g/mol. The molecule has 0 aliphatic carbocycles. The van der Waals surface area contributed by atoms with Gasteiger partial charge in [-0.05, 0) is 44.0 Å². The van der Waals surface area contributed by atoms with Crippen LogP contribution in [0.25, 0.3) is 16.7 Å². The lowest BCUT2D eigenvalue weighted by Gasteiger charge is -2.19. The number of fused-ring (bicyclic) bond motifs is 1. The molecular formula is C21H28N6O3. The molecule has 0 bridgehead atoms. The maximum Gasteiger partial charge on any atom is 0.276 e. The zero-order valence-corrected chi connectivity index (χ0v) is 17.5. The first-order valence-corrected chi connectivity index (χ1v) is 9.92. The number of hydrogen-bond acceptors (Lipinski definition) is 6. The van der Waals surface area contributed by atoms with Crippen molar-refractivity contribution in [3.63, 3.8) is 0 Å². The van der Waals surface area contributed by atoms with Crippen LogP contribution in [0.3, 0.4) is 0 Å². The lowest BCUT2D eigenvalue weighted by Crippen LogP contribution is -2.30. The maximum atomic E-state index is 12.9. The van der Waals surface area contributed by atoms with E-state index in [1.165, 1.54) is 0 Å². The number of nitrogens with two attached hydrogens (primary N) is 1. The second-order valence-electron chi connectivity index (χ2n) is 7.26. The molecule has 3 aromatic rings. The molecule has 1 aromatic carbocycles. The molecule has 5 N–H and O–H groups in total. The third kappa shape index (κ3) is 4.22. The normalized spacial score (nSPS) is 13.4. The van der Waals surface area contributed by atoms with E-state index in [-0.39, 0.29) is 18.4 Å². The summed E-state index contributed by atoms with van der Waals surface area (Å²) < 4.78 is 3.29. The summed E-state index contributed by atoms with van der Waals surface area (Å²) in [6, 6.07) is 7.08. The molecule has 160 valence electrons. The standard InChI is InChI=1S/C21H28N6O3/c1-5-18(28)19(29)11-26-16-8-7-14(13(4)22)10-15(16)23-21(26)24-20(30)17-9-12(3)25-27(17)6-2/h7-10,18-19,28-29H,4-6,11,22H2,1-3H3,(H,23,24,30)/t18-,19-/m1/s1. The lowest BCUT2D eigenvalue weighted by atomic mass is 10.1. The van der Waals surface area contributed by atoms with Crippen LogP contribution < -0.4 is 11.1 Å². The molecule has 0 fully saturated rings. The highest BCUT2D eigenvalue weighted by atomic mass is 16.3. The number of carbonyl (C=O) groups excluding carboxylic acids is 1. The van der Waals surface area contributed by atoms with Crippen LogP contribution in [-0.2, 0) is 13.1 Å². The summed E-state index contributed by atoms with van der Waals surface area (Å²) in [6.45, 7) is 9.88. The second-order valence-corrected chi connectivity index (χ2v) is 7.26. The van der Waals surface area contributed by atoms with Gasteiger partial charge < -0.3 is 20.5 Å². The van der Waals surface area contributed by atoms with Crippen molar-refractivity contribution in [2.75, 3.05) is 5.32 Å². The van der Waals surface area contributed by atoms with E-state index in [1.807, 2.05) is 13.8 Å². The highest BCUT2D eigenvalue weighted by molar-refractivity contribution is 6.03. The third-order valence-electron chi connectivity index (χ3n) is 5.01. The SMILES string of the molecule is C=C(N)c1ccc2c(c1)nc(NC(=O)c1cc(C)nn1CC)n2C[C@@H](O)[C@H](O)CC. The number of aromatic nitrogens is 4. The number of nitrogens with zero attached hydrogens (tertiary/aromatic N) is 4. The predicted octanol–water partition coefficient (Wildman–Crippen LogP) is 1.87. The molecule has 2 aromatic heterocycles. The Morgan fingerprint density at radius 1 is 1.27 bits per heavy atom. The minimum Gasteiger partial charge on any atom is -0.399 e. The Hall–Kier alpha value is -3.17. The van der Waals surface area contributed by atoms with E-state index >= 15 is 0 Å². The van der Waals surface area contributed by atoms with Crippen LogP contribution in [0.5, 0.6) is 0 Å². The Morgan fingerprint density at radius 3 is 2.63 bits per heavy atom. The molecule has 0 aliphatic rings. The van der Waals surface area contributed by atoms with Gasteiger partial charge in [-0.2, -0.15) is 5.10 Å². The summed E-state index contributed by atoms with van der Waals surface area (Å²) in [7, 11) is 0. The molecule has 0 saturated carbocycles. The molecule has 0 saturated heterocycles. The third-order valence-corrected chi connectivity index (χ3v) is 5.01. The van der Waals surface area contributed by atoms with Crippen molar-refractivity contribution in [1.82, 2.24) is 19.3 Å². The van der Waals surface area contributed by atoms with Gasteiger partial charge in [-0.1, -0.05) is 19.6 Å². The topological polar surface area (TPSA) is 131 Å². The van der Waals surface area contributed by atoms with E-state index in [1.54, 1.807) is 40.4 Å². The van der Waals surface area contributed by atoms with E-state index in [2.05, 4.69) is 22.0 Å². The van der Waals surface area contributed by atoms with Crippen LogP contribution in [0.1, 0.15) is 42.0 Å². The molecule has 2 heterocycles. The monoisotopic (exact) mass is 412 g/mol. The number of carbonyl (C=O) groups is 1. The van der Waals surface area contributed by atoms with Crippen molar-refractivity contribution in [2.45, 2.75) is 52.5 Å². The fourth-order valence-electron chi connectivity index (χ4n) is 3.33. The summed E-state index contributed by atoms with van der Waals surface area (Å²) in [5.41, 5.74) is 9.36. The van der Waals surface area contributed by atoms with Crippen LogP contribution in [-0.4, -0.2) is 47.7 Å². The zero-order valence-electron chi connectivity index (χ0n) is 17.5. The van der Waals surface area contributed by atoms with Crippen molar-refractivity contribution in [3.8, 4) is 0 Å². The average molecular weight is 412 g/mol. The number of aryl methyl sites for hydroxylation is 2. The number of hydrogen-bond donors (Lipinski definition) is 4. The molecule has 30 heavy (non-hydrogen) atoms. The van der Waals surface area contributed by atoms with Crippen LogP contribution in [0.15, 0.2) is 30.8 Å². The van der Waals surface area contributed by atoms with Gasteiger partial charge in [0.2, 0.25) is 5.95 Å². The number of aliphatic hydroxyl groups excluding tert-OH is 2. The molecule has 0 aliphatic heterocycles. The molecule has 9 nitrogen and oxygen atoms in total. The van der Waals surface area contributed by atoms with Gasteiger partial charge in [0, 0.05) is 12.2 Å². The van der Waals surface area contributed by atoms with E-state index in [0.29, 0.717) is 35.4 Å². The van der Waals surface area contributed by atoms with E-state index in [0.717, 1.165) is 11.3 Å². The minimum atomic E-state index is -1.02. The van der Waals surface area contributed by atoms with E-state index < -0.39 is 12.2 Å². The molecule has 0 spiro atoms. The molecule has 0 radical (unpaired) electrons. The maximum absolute atomic E-state index is 12.9. The highest BCUT2D eigenvalue weighted by Crippen LogP contribution is 2.24. The fraction of sp³-hybridized carbons (Fsp3) is 0.381. The van der Waals surface area contributed by atoms with Crippen LogP contribution in [0, 0.1) is 6.92 Å². The van der Waals surface area contributed by atoms with Gasteiger partial charge in [0.15, 0.2) is 0 Å². The largest absolute Gasteiger partial charge is 0.399 e. The first kappa shape index (κ1) is 21.5. The van der Waals surface area contributed by atoms with Crippen molar-refractivity contribution >= 4 is 28.6 Å². The number of amides is 1. The first-order chi connectivity index (χ1) is 14.2. The predicted molar refractivity (Wildman–Crippen MR) is 116 cm³/mol. The molecule has 0 unspecified atom stereocenters. The first-order valence-electron chi connectivity index (χ1n) is 9.92. The highest BCUT2D eigenvalue weighted by Gasteiger charge is 2.22. The number of rotatable bonds is 8. The minimum absolute atomic E-state index is 0.0656. The van der Waals surface area contributed by atoms with Gasteiger partial charge in [0.25, 0.3) is 5.91 Å². The average Bonchev–Trinajstić information content (AvgIpc) is 3.26. The van der Waals surface area contributed by atoms with Gasteiger partial charge >= 0.3 is 0 Å². The second kappa shape index (κ2) is 8.68. The van der Waals surface area contributed by atoms with E-state index in [9.17, 15) is 15.0 Å². The van der Waals surface area contributed by atoms with Crippen LogP contribution >= 0.6 is 0 Å². The summed E-state index contributed by atoms with van der Waals surface area (Å²) in [5.74, 6) is -0.0957. The number of benzene rings is 1. The fourth-order valence-corrected chi connectivity index (χ4v) is 3.33. The number of aliphatic hydroxyl groups is 2. The van der Waals surface area contributed by atoms with Gasteiger partial charge in [-0.3, -0.25) is 14.8 Å². The van der Waals surface area contributed by atoms with Gasteiger partial charge in [0.1, 0.15) is 5.69 Å². The molecule has 3 rings (SSSR count). The van der Waals surface area contributed by atoms with Crippen molar-refractivity contribution in [3.05, 3.63) is 47.8 Å². The Balaban J connectivity index is 2.03. The summed E-state index contributed by atoms with van der Waals surface area (Å²) in [6.07, 6.45) is -1.50. The molecule has 1 amide bonds. The summed E-state index contributed by atoms with van der Waals surface area (Å²) in [4.78, 5) is 17.4. The number of anilines is 1. The van der Waals surface area contributed by atoms with Crippen LogP contribution in [0.2, 0.25) is 0 Å². The summed E-state index contributed by atoms with van der Waals surface area (Å²) >= 11 is 0. The van der Waals surface area contributed by atoms with Gasteiger partial charge in [-0.25, -0.2) is 4.98 Å². The molecule has 2 atom stereocenters. The van der Waals surface area contributed by atoms with Crippen molar-refractivity contribution in [2.24, 2.45) is 5.73 Å². The quantitative estimate of drug-likeness (QED) is 0.447. The molecule has 9 heteroatoms. The van der Waals surface area contributed by atoms with Crippen LogP contribution in [0.4, 0.5) is 5.95 Å². The van der Waals surface area contributed by atoms with Gasteiger partial charge in [-0.15, -0.1) is 0 Å². The zero-order chi connectivity index (χ0) is 22.0. The summed E-state index contributed by atoms with van der Waals surface area (Å²) in [5, 5.41) is 27.5. The Bertz CT molecular complexity index is 1080. The van der Waals surface area contributed by atoms with Crippen molar-refractivity contribution < 1.29 is 15.0 Å². The number of imidazole rings is 1. The van der Waals surface area contributed by atoms with Crippen molar-refractivity contribution in [1.29, 1.82) is 0 Å².